The lowest BCUT2D eigenvalue weighted by Gasteiger charge is -2.16. The maximum atomic E-state index is 12.2. The highest BCUT2D eigenvalue weighted by molar-refractivity contribution is 6.04. The first-order chi connectivity index (χ1) is 15.1. The molecule has 0 atom stereocenters. The molecule has 156 valence electrons. The van der Waals surface area contributed by atoms with Gasteiger partial charge < -0.3 is 15.8 Å². The van der Waals surface area contributed by atoms with Gasteiger partial charge in [-0.1, -0.05) is 31.2 Å². The predicted octanol–water partition coefficient (Wildman–Crippen LogP) is 5.11. The van der Waals surface area contributed by atoms with E-state index in [1.165, 1.54) is 0 Å². The standard InChI is InChI=1S/C24H23N5O2/c1-3-6-21(30)28-19-9-4-7-17-16(19)11-10-15(2)22(17)31-23-18(8-5-13-26-23)20-12-14-27-24(25)29-20/h4-5,7-14H,3,6H2,1-2H3,(H,28,30)(H2,25,27,29). The molecule has 2 aromatic carbocycles. The van der Waals surface area contributed by atoms with E-state index in [1.807, 2.05) is 56.3 Å². The number of anilines is 2. The molecule has 0 saturated carbocycles. The Morgan fingerprint density at radius 3 is 2.71 bits per heavy atom. The third-order valence-corrected chi connectivity index (χ3v) is 4.88. The van der Waals surface area contributed by atoms with Crippen LogP contribution in [-0.4, -0.2) is 20.9 Å². The van der Waals surface area contributed by atoms with E-state index in [0.29, 0.717) is 29.3 Å². The second kappa shape index (κ2) is 8.79. The minimum atomic E-state index is -0.00796. The van der Waals surface area contributed by atoms with Gasteiger partial charge in [0, 0.05) is 35.3 Å². The SMILES string of the molecule is CCCC(=O)Nc1cccc2c(Oc3ncccc3-c3ccnc(N)n3)c(C)ccc12. The molecule has 0 saturated heterocycles. The van der Waals surface area contributed by atoms with E-state index in [4.69, 9.17) is 10.5 Å². The minimum Gasteiger partial charge on any atom is -0.437 e. The molecule has 0 radical (unpaired) electrons. The van der Waals surface area contributed by atoms with E-state index in [0.717, 1.165) is 28.4 Å². The fraction of sp³-hybridized carbons (Fsp3) is 0.167. The summed E-state index contributed by atoms with van der Waals surface area (Å²) in [5.41, 5.74) is 8.79. The van der Waals surface area contributed by atoms with Crippen molar-refractivity contribution in [2.75, 3.05) is 11.1 Å². The summed E-state index contributed by atoms with van der Waals surface area (Å²) < 4.78 is 6.33. The van der Waals surface area contributed by atoms with Crippen LogP contribution in [0.4, 0.5) is 11.6 Å². The molecule has 31 heavy (non-hydrogen) atoms. The van der Waals surface area contributed by atoms with Gasteiger partial charge in [0.2, 0.25) is 17.7 Å². The highest BCUT2D eigenvalue weighted by atomic mass is 16.5. The number of pyridine rings is 1. The number of nitrogen functional groups attached to an aromatic ring is 1. The zero-order chi connectivity index (χ0) is 21.8. The Bertz CT molecular complexity index is 1260. The largest absolute Gasteiger partial charge is 0.437 e. The Morgan fingerprint density at radius 1 is 1.03 bits per heavy atom. The van der Waals surface area contributed by atoms with Crippen molar-refractivity contribution in [2.24, 2.45) is 0 Å². The fourth-order valence-corrected chi connectivity index (χ4v) is 3.41. The lowest BCUT2D eigenvalue weighted by Crippen LogP contribution is -2.10. The van der Waals surface area contributed by atoms with Crippen molar-refractivity contribution in [3.8, 4) is 22.9 Å². The maximum Gasteiger partial charge on any atom is 0.228 e. The number of hydrogen-bond donors (Lipinski definition) is 2. The summed E-state index contributed by atoms with van der Waals surface area (Å²) in [5, 5.41) is 4.78. The first-order valence-electron chi connectivity index (χ1n) is 10.1. The number of hydrogen-bond acceptors (Lipinski definition) is 6. The van der Waals surface area contributed by atoms with Gasteiger partial charge in [-0.2, -0.15) is 0 Å². The molecule has 7 nitrogen and oxygen atoms in total. The smallest absolute Gasteiger partial charge is 0.228 e. The number of aryl methyl sites for hydroxylation is 1. The zero-order valence-electron chi connectivity index (χ0n) is 17.4. The van der Waals surface area contributed by atoms with Crippen LogP contribution in [0.2, 0.25) is 0 Å². The molecule has 7 heteroatoms. The van der Waals surface area contributed by atoms with E-state index < -0.39 is 0 Å². The van der Waals surface area contributed by atoms with Crippen molar-refractivity contribution in [1.29, 1.82) is 0 Å². The minimum absolute atomic E-state index is 0.00796. The van der Waals surface area contributed by atoms with E-state index in [9.17, 15) is 4.79 Å². The Hall–Kier alpha value is -4.00. The summed E-state index contributed by atoms with van der Waals surface area (Å²) in [6.45, 7) is 3.95. The van der Waals surface area contributed by atoms with Crippen LogP contribution in [0.15, 0.2) is 60.9 Å². The highest BCUT2D eigenvalue weighted by Crippen LogP contribution is 2.38. The van der Waals surface area contributed by atoms with E-state index in [2.05, 4.69) is 20.3 Å². The van der Waals surface area contributed by atoms with Crippen LogP contribution < -0.4 is 15.8 Å². The fourth-order valence-electron chi connectivity index (χ4n) is 3.41. The first-order valence-corrected chi connectivity index (χ1v) is 10.1. The lowest BCUT2D eigenvalue weighted by molar-refractivity contribution is -0.116. The summed E-state index contributed by atoms with van der Waals surface area (Å²) in [7, 11) is 0. The number of aromatic nitrogens is 3. The summed E-state index contributed by atoms with van der Waals surface area (Å²) in [4.78, 5) is 24.8. The molecule has 0 spiro atoms. The number of amides is 1. The van der Waals surface area contributed by atoms with Crippen LogP contribution in [0.25, 0.3) is 22.0 Å². The van der Waals surface area contributed by atoms with Gasteiger partial charge in [-0.15, -0.1) is 0 Å². The van der Waals surface area contributed by atoms with Crippen molar-refractivity contribution in [2.45, 2.75) is 26.7 Å². The summed E-state index contributed by atoms with van der Waals surface area (Å²) in [6.07, 6.45) is 4.54. The molecule has 0 fully saturated rings. The Labute approximate surface area is 180 Å². The summed E-state index contributed by atoms with van der Waals surface area (Å²) in [5.74, 6) is 1.26. The average Bonchev–Trinajstić information content (AvgIpc) is 2.76. The van der Waals surface area contributed by atoms with Gasteiger partial charge in [0.05, 0.1) is 11.3 Å². The molecular weight excluding hydrogens is 390 g/mol. The third-order valence-electron chi connectivity index (χ3n) is 4.88. The molecule has 0 unspecified atom stereocenters. The van der Waals surface area contributed by atoms with Gasteiger partial charge >= 0.3 is 0 Å². The molecule has 0 aliphatic heterocycles. The van der Waals surface area contributed by atoms with Crippen LogP contribution in [0.1, 0.15) is 25.3 Å². The predicted molar refractivity (Wildman–Crippen MR) is 122 cm³/mol. The number of carbonyl (C=O) groups excluding carboxylic acids is 1. The number of benzene rings is 2. The molecule has 4 aromatic rings. The van der Waals surface area contributed by atoms with Crippen molar-refractivity contribution >= 4 is 28.3 Å². The van der Waals surface area contributed by atoms with Gasteiger partial charge in [-0.05, 0) is 43.2 Å². The average molecular weight is 413 g/mol. The number of nitrogens with two attached hydrogens (primary N) is 1. The second-order valence-electron chi connectivity index (χ2n) is 7.17. The highest BCUT2D eigenvalue weighted by Gasteiger charge is 2.15. The van der Waals surface area contributed by atoms with Gasteiger partial charge in [-0.25, -0.2) is 15.0 Å². The Morgan fingerprint density at radius 2 is 1.90 bits per heavy atom. The Kier molecular flexibility index (Phi) is 5.75. The van der Waals surface area contributed by atoms with Crippen molar-refractivity contribution < 1.29 is 9.53 Å². The number of ether oxygens (including phenoxy) is 1. The van der Waals surface area contributed by atoms with Crippen LogP contribution in [0.5, 0.6) is 11.6 Å². The molecule has 2 heterocycles. The quantitative estimate of drug-likeness (QED) is 0.455. The topological polar surface area (TPSA) is 103 Å². The monoisotopic (exact) mass is 413 g/mol. The first kappa shape index (κ1) is 20.3. The normalized spacial score (nSPS) is 10.8. The van der Waals surface area contributed by atoms with Crippen molar-refractivity contribution in [3.05, 3.63) is 66.5 Å². The van der Waals surface area contributed by atoms with Crippen molar-refractivity contribution in [1.82, 2.24) is 15.0 Å². The number of nitrogens with one attached hydrogen (secondary N) is 1. The molecule has 3 N–H and O–H groups in total. The van der Waals surface area contributed by atoms with Gasteiger partial charge in [-0.3, -0.25) is 4.79 Å². The van der Waals surface area contributed by atoms with E-state index >= 15 is 0 Å². The van der Waals surface area contributed by atoms with E-state index in [1.54, 1.807) is 18.5 Å². The molecule has 4 rings (SSSR count). The van der Waals surface area contributed by atoms with Gasteiger partial charge in [0.15, 0.2) is 0 Å². The lowest BCUT2D eigenvalue weighted by atomic mass is 10.0. The molecule has 0 aliphatic rings. The molecular formula is C24H23N5O2. The van der Waals surface area contributed by atoms with Crippen LogP contribution in [0.3, 0.4) is 0 Å². The summed E-state index contributed by atoms with van der Waals surface area (Å²) in [6, 6.07) is 15.2. The number of rotatable bonds is 6. The summed E-state index contributed by atoms with van der Waals surface area (Å²) >= 11 is 0. The van der Waals surface area contributed by atoms with Gasteiger partial charge in [0.25, 0.3) is 0 Å². The number of fused-ring (bicyclic) bond motifs is 1. The van der Waals surface area contributed by atoms with Crippen LogP contribution in [-0.2, 0) is 4.79 Å². The Balaban J connectivity index is 1.78. The molecule has 1 amide bonds. The molecule has 2 aromatic heterocycles. The molecule has 0 aliphatic carbocycles. The number of carbonyl (C=O) groups is 1. The maximum absolute atomic E-state index is 12.2. The van der Waals surface area contributed by atoms with Crippen molar-refractivity contribution in [3.63, 3.8) is 0 Å². The van der Waals surface area contributed by atoms with Crippen LogP contribution >= 0.6 is 0 Å². The van der Waals surface area contributed by atoms with Gasteiger partial charge in [0.1, 0.15) is 5.75 Å². The number of nitrogens with zero attached hydrogens (tertiary/aromatic N) is 3. The van der Waals surface area contributed by atoms with E-state index in [-0.39, 0.29) is 11.9 Å². The van der Waals surface area contributed by atoms with Crippen LogP contribution in [0, 0.1) is 6.92 Å². The second-order valence-corrected chi connectivity index (χ2v) is 7.17. The zero-order valence-corrected chi connectivity index (χ0v) is 17.4. The third kappa shape index (κ3) is 4.30. The molecule has 0 bridgehead atoms.